The summed E-state index contributed by atoms with van der Waals surface area (Å²) in [6.07, 6.45) is 6.81. The topological polar surface area (TPSA) is 99.8 Å². The van der Waals surface area contributed by atoms with Gasteiger partial charge in [-0.3, -0.25) is 0 Å². The van der Waals surface area contributed by atoms with Gasteiger partial charge in [-0.05, 0) is 25.0 Å². The highest BCUT2D eigenvalue weighted by atomic mass is 32.2. The molecule has 0 amide bonds. The Bertz CT molecular complexity index is 679. The van der Waals surface area contributed by atoms with Gasteiger partial charge in [0.15, 0.2) is 0 Å². The normalized spacial score (nSPS) is 15.2. The van der Waals surface area contributed by atoms with Crippen LogP contribution in [0, 0.1) is 0 Å². The van der Waals surface area contributed by atoms with Crippen molar-refractivity contribution in [3.05, 3.63) is 36.4 Å². The fourth-order valence-electron chi connectivity index (χ4n) is 1.75. The summed E-state index contributed by atoms with van der Waals surface area (Å²) in [5, 5.41) is 3.32. The largest absolute Gasteiger partial charge is 0.363 e. The van der Waals surface area contributed by atoms with E-state index in [1.807, 2.05) is 0 Å². The summed E-state index contributed by atoms with van der Waals surface area (Å²) in [5.74, 6) is 0.0614. The zero-order valence-corrected chi connectivity index (χ0v) is 11.5. The summed E-state index contributed by atoms with van der Waals surface area (Å²) in [5.41, 5.74) is 0.839. The molecule has 0 bridgehead atoms. The van der Waals surface area contributed by atoms with Crippen molar-refractivity contribution in [2.24, 2.45) is 0 Å². The monoisotopic (exact) mass is 293 g/mol. The van der Waals surface area contributed by atoms with E-state index < -0.39 is 10.0 Å². The van der Waals surface area contributed by atoms with Gasteiger partial charge in [0.2, 0.25) is 5.95 Å². The third-order valence-electron chi connectivity index (χ3n) is 2.98. The Morgan fingerprint density at radius 2 is 2.05 bits per heavy atom. The minimum atomic E-state index is -3.65. The third kappa shape index (κ3) is 3.14. The lowest BCUT2D eigenvalue weighted by Gasteiger charge is -2.03. The molecule has 0 aliphatic heterocycles. The van der Waals surface area contributed by atoms with Crippen LogP contribution in [0.2, 0.25) is 0 Å². The molecular formula is C12H15N5O2S. The summed E-state index contributed by atoms with van der Waals surface area (Å²) in [6, 6.07) is 3.81. The van der Waals surface area contributed by atoms with E-state index in [9.17, 15) is 8.42 Å². The Morgan fingerprint density at radius 1 is 1.30 bits per heavy atom. The first kappa shape index (κ1) is 13.1. The molecule has 0 spiro atoms. The molecule has 106 valence electrons. The molecule has 3 rings (SSSR count). The van der Waals surface area contributed by atoms with Crippen molar-refractivity contribution in [2.75, 3.05) is 4.72 Å². The summed E-state index contributed by atoms with van der Waals surface area (Å²) in [7, 11) is -3.65. The molecule has 0 radical (unpaired) electrons. The Labute approximate surface area is 116 Å². The maximum absolute atomic E-state index is 12.1. The fourth-order valence-corrected chi connectivity index (χ4v) is 2.72. The van der Waals surface area contributed by atoms with E-state index in [4.69, 9.17) is 0 Å². The van der Waals surface area contributed by atoms with Crippen LogP contribution in [-0.4, -0.2) is 29.4 Å². The first-order valence-corrected chi connectivity index (χ1v) is 7.82. The standard InChI is InChI=1S/C12H15N5O2S/c18-20(19,17-12-13-4-1-5-14-12)11-6-10(16-8-11)7-15-9-2-3-9/h1,4-6,8-9,15-16H,2-3,7H2,(H,13,14,17). The molecule has 1 aliphatic rings. The number of sulfonamides is 1. The Morgan fingerprint density at radius 3 is 2.75 bits per heavy atom. The van der Waals surface area contributed by atoms with Crippen LogP contribution in [0.5, 0.6) is 0 Å². The van der Waals surface area contributed by atoms with Crippen LogP contribution in [0.15, 0.2) is 35.6 Å². The molecule has 2 aromatic rings. The highest BCUT2D eigenvalue weighted by Crippen LogP contribution is 2.20. The molecule has 3 N–H and O–H groups in total. The molecule has 0 atom stereocenters. The molecule has 1 fully saturated rings. The van der Waals surface area contributed by atoms with Crippen LogP contribution in [0.1, 0.15) is 18.5 Å². The number of hydrogen-bond donors (Lipinski definition) is 3. The number of aromatic amines is 1. The summed E-state index contributed by atoms with van der Waals surface area (Å²) >= 11 is 0. The van der Waals surface area contributed by atoms with E-state index >= 15 is 0 Å². The van der Waals surface area contributed by atoms with Gasteiger partial charge in [-0.15, -0.1) is 0 Å². The number of hydrogen-bond acceptors (Lipinski definition) is 5. The van der Waals surface area contributed by atoms with Gasteiger partial charge in [-0.1, -0.05) is 0 Å². The molecule has 1 saturated carbocycles. The number of nitrogens with one attached hydrogen (secondary N) is 3. The quantitative estimate of drug-likeness (QED) is 0.733. The SMILES string of the molecule is O=S(=O)(Nc1ncccn1)c1c[nH]c(CNC2CC2)c1. The molecule has 0 saturated heterocycles. The second-order valence-electron chi connectivity index (χ2n) is 4.69. The molecule has 0 unspecified atom stereocenters. The highest BCUT2D eigenvalue weighted by Gasteiger charge is 2.21. The van der Waals surface area contributed by atoms with Crippen molar-refractivity contribution in [3.8, 4) is 0 Å². The van der Waals surface area contributed by atoms with Gasteiger partial charge in [-0.2, -0.15) is 0 Å². The lowest BCUT2D eigenvalue weighted by molar-refractivity contribution is 0.601. The molecular weight excluding hydrogens is 278 g/mol. The van der Waals surface area contributed by atoms with Gasteiger partial charge < -0.3 is 10.3 Å². The molecule has 0 aromatic carbocycles. The van der Waals surface area contributed by atoms with Gasteiger partial charge in [0, 0.05) is 36.9 Å². The minimum absolute atomic E-state index is 0.0614. The second kappa shape index (κ2) is 5.22. The highest BCUT2D eigenvalue weighted by molar-refractivity contribution is 7.92. The van der Waals surface area contributed by atoms with Gasteiger partial charge in [-0.25, -0.2) is 23.1 Å². The van der Waals surface area contributed by atoms with E-state index in [1.54, 1.807) is 12.1 Å². The average Bonchev–Trinajstić information content (AvgIpc) is 3.13. The van der Waals surface area contributed by atoms with E-state index in [1.165, 1.54) is 31.4 Å². The number of aromatic nitrogens is 3. The van der Waals surface area contributed by atoms with Gasteiger partial charge >= 0.3 is 0 Å². The van der Waals surface area contributed by atoms with Gasteiger partial charge in [0.25, 0.3) is 10.0 Å². The maximum atomic E-state index is 12.1. The second-order valence-corrected chi connectivity index (χ2v) is 6.38. The van der Waals surface area contributed by atoms with Crippen molar-refractivity contribution >= 4 is 16.0 Å². The maximum Gasteiger partial charge on any atom is 0.265 e. The fraction of sp³-hybridized carbons (Fsp3) is 0.333. The van der Waals surface area contributed by atoms with Crippen molar-refractivity contribution < 1.29 is 8.42 Å². The number of anilines is 1. The predicted molar refractivity (Wildman–Crippen MR) is 73.5 cm³/mol. The van der Waals surface area contributed by atoms with Crippen LogP contribution in [0.25, 0.3) is 0 Å². The van der Waals surface area contributed by atoms with E-state index in [-0.39, 0.29) is 10.8 Å². The lowest BCUT2D eigenvalue weighted by atomic mass is 10.4. The van der Waals surface area contributed by atoms with Crippen LogP contribution in [0.3, 0.4) is 0 Å². The number of nitrogens with zero attached hydrogens (tertiary/aromatic N) is 2. The summed E-state index contributed by atoms with van der Waals surface area (Å²) in [6.45, 7) is 0.641. The minimum Gasteiger partial charge on any atom is -0.363 e. The van der Waals surface area contributed by atoms with Crippen molar-refractivity contribution in [3.63, 3.8) is 0 Å². The number of H-pyrrole nitrogens is 1. The lowest BCUT2D eigenvalue weighted by Crippen LogP contribution is -2.15. The Balaban J connectivity index is 1.70. The first-order chi connectivity index (χ1) is 9.63. The first-order valence-electron chi connectivity index (χ1n) is 6.34. The summed E-state index contributed by atoms with van der Waals surface area (Å²) in [4.78, 5) is 10.8. The van der Waals surface area contributed by atoms with Crippen LogP contribution in [-0.2, 0) is 16.6 Å². The average molecular weight is 293 g/mol. The smallest absolute Gasteiger partial charge is 0.265 e. The number of rotatable bonds is 6. The van der Waals surface area contributed by atoms with E-state index in [2.05, 4.69) is 25.0 Å². The van der Waals surface area contributed by atoms with Crippen LogP contribution in [0.4, 0.5) is 5.95 Å². The van der Waals surface area contributed by atoms with Crippen LogP contribution < -0.4 is 10.0 Å². The molecule has 20 heavy (non-hydrogen) atoms. The van der Waals surface area contributed by atoms with Gasteiger partial charge in [0.1, 0.15) is 4.90 Å². The van der Waals surface area contributed by atoms with Crippen LogP contribution >= 0.6 is 0 Å². The molecule has 7 nitrogen and oxygen atoms in total. The predicted octanol–water partition coefficient (Wildman–Crippen LogP) is 0.857. The Hall–Kier alpha value is -1.93. The summed E-state index contributed by atoms with van der Waals surface area (Å²) < 4.78 is 26.6. The van der Waals surface area contributed by atoms with Crippen molar-refractivity contribution in [1.29, 1.82) is 0 Å². The van der Waals surface area contributed by atoms with E-state index in [0.717, 1.165) is 5.69 Å². The molecule has 2 heterocycles. The zero-order valence-electron chi connectivity index (χ0n) is 10.7. The van der Waals surface area contributed by atoms with Crippen molar-refractivity contribution in [2.45, 2.75) is 30.3 Å². The Kier molecular flexibility index (Phi) is 3.41. The van der Waals surface area contributed by atoms with Crippen molar-refractivity contribution in [1.82, 2.24) is 20.3 Å². The zero-order chi connectivity index (χ0) is 14.0. The molecule has 8 heteroatoms. The molecule has 2 aromatic heterocycles. The van der Waals surface area contributed by atoms with Gasteiger partial charge in [0.05, 0.1) is 0 Å². The van der Waals surface area contributed by atoms with E-state index in [0.29, 0.717) is 12.6 Å². The molecule has 1 aliphatic carbocycles. The third-order valence-corrected chi connectivity index (χ3v) is 4.28.